The van der Waals surface area contributed by atoms with Crippen LogP contribution < -0.4 is 4.74 Å². The second-order valence-corrected chi connectivity index (χ2v) is 3.98. The Bertz CT molecular complexity index is 410. The Morgan fingerprint density at radius 2 is 1.79 bits per heavy atom. The van der Waals surface area contributed by atoms with Crippen molar-refractivity contribution in [1.29, 1.82) is 0 Å². The average Bonchev–Trinajstić information content (AvgIpc) is 2.38. The molecule has 0 fully saturated rings. The summed E-state index contributed by atoms with van der Waals surface area (Å²) in [5.74, 6) is 0.0629. The number of hydrogen-bond donors (Lipinski definition) is 0. The first-order valence-corrected chi connectivity index (χ1v) is 6.18. The van der Waals surface area contributed by atoms with Crippen molar-refractivity contribution in [1.82, 2.24) is 0 Å². The van der Waals surface area contributed by atoms with Gasteiger partial charge in [-0.2, -0.15) is 0 Å². The van der Waals surface area contributed by atoms with E-state index in [1.54, 1.807) is 24.3 Å². The minimum Gasteiger partial charge on any atom is -0.461 e. The van der Waals surface area contributed by atoms with Gasteiger partial charge in [-0.25, -0.2) is 4.79 Å². The van der Waals surface area contributed by atoms with Gasteiger partial charge >= 0.3 is 12.1 Å². The third-order valence-corrected chi connectivity index (χ3v) is 2.28. The van der Waals surface area contributed by atoms with Crippen molar-refractivity contribution >= 4 is 12.1 Å². The third-order valence-electron chi connectivity index (χ3n) is 2.28. The summed E-state index contributed by atoms with van der Waals surface area (Å²) in [5, 5.41) is 0. The molecule has 0 aliphatic carbocycles. The molecule has 5 nitrogen and oxygen atoms in total. The van der Waals surface area contributed by atoms with E-state index in [0.717, 1.165) is 18.4 Å². The van der Waals surface area contributed by atoms with Crippen LogP contribution in [0.5, 0.6) is 5.75 Å². The Morgan fingerprint density at radius 3 is 2.37 bits per heavy atom. The van der Waals surface area contributed by atoms with Crippen LogP contribution in [0, 0.1) is 0 Å². The van der Waals surface area contributed by atoms with Gasteiger partial charge in [0.1, 0.15) is 12.4 Å². The maximum absolute atomic E-state index is 11.3. The Morgan fingerprint density at radius 1 is 1.11 bits per heavy atom. The highest BCUT2D eigenvalue weighted by atomic mass is 16.7. The summed E-state index contributed by atoms with van der Waals surface area (Å²) in [6.07, 6.45) is 1.07. The minimum absolute atomic E-state index is 0.205. The topological polar surface area (TPSA) is 61.8 Å². The van der Waals surface area contributed by atoms with Gasteiger partial charge in [0, 0.05) is 6.92 Å². The van der Waals surface area contributed by atoms with Crippen LogP contribution in [0.4, 0.5) is 4.79 Å². The Balaban J connectivity index is 2.39. The summed E-state index contributed by atoms with van der Waals surface area (Å²) in [7, 11) is 0. The molecule has 0 aromatic heterocycles. The molecule has 0 aliphatic rings. The third kappa shape index (κ3) is 6.45. The van der Waals surface area contributed by atoms with Crippen LogP contribution in [0.25, 0.3) is 0 Å². The van der Waals surface area contributed by atoms with E-state index in [9.17, 15) is 9.59 Å². The van der Waals surface area contributed by atoms with Gasteiger partial charge in [0.25, 0.3) is 0 Å². The van der Waals surface area contributed by atoms with Gasteiger partial charge in [0.05, 0.1) is 6.61 Å². The average molecular weight is 266 g/mol. The van der Waals surface area contributed by atoms with Crippen LogP contribution in [0.3, 0.4) is 0 Å². The molecular formula is C14H18O5. The summed E-state index contributed by atoms with van der Waals surface area (Å²) in [5.41, 5.74) is 0.821. The van der Waals surface area contributed by atoms with Gasteiger partial charge in [-0.1, -0.05) is 25.5 Å². The van der Waals surface area contributed by atoms with Crippen molar-refractivity contribution in [3.8, 4) is 5.75 Å². The molecule has 0 radical (unpaired) electrons. The van der Waals surface area contributed by atoms with Crippen molar-refractivity contribution in [3.63, 3.8) is 0 Å². The van der Waals surface area contributed by atoms with E-state index in [2.05, 4.69) is 0 Å². The monoisotopic (exact) mass is 266 g/mol. The highest BCUT2D eigenvalue weighted by molar-refractivity contribution is 5.66. The molecule has 0 saturated heterocycles. The zero-order valence-electron chi connectivity index (χ0n) is 11.2. The zero-order chi connectivity index (χ0) is 14.1. The lowest BCUT2D eigenvalue weighted by molar-refractivity contribution is -0.142. The van der Waals surface area contributed by atoms with Gasteiger partial charge in [-0.3, -0.25) is 4.79 Å². The Labute approximate surface area is 112 Å². The fourth-order valence-electron chi connectivity index (χ4n) is 1.26. The minimum atomic E-state index is -0.707. The van der Waals surface area contributed by atoms with Crippen LogP contribution in [-0.4, -0.2) is 18.7 Å². The van der Waals surface area contributed by atoms with Crippen molar-refractivity contribution in [2.24, 2.45) is 0 Å². The fourth-order valence-corrected chi connectivity index (χ4v) is 1.26. The molecule has 5 heteroatoms. The second kappa shape index (κ2) is 8.13. The SMILES string of the molecule is CCCCOC(=O)Oc1ccc(COC(C)=O)cc1. The number of unbranched alkanes of at least 4 members (excludes halogenated alkanes) is 1. The molecule has 19 heavy (non-hydrogen) atoms. The molecule has 0 spiro atoms. The molecule has 104 valence electrons. The molecule has 0 aliphatic heterocycles. The van der Waals surface area contributed by atoms with Crippen LogP contribution in [0.2, 0.25) is 0 Å². The number of hydrogen-bond acceptors (Lipinski definition) is 5. The highest BCUT2D eigenvalue weighted by Gasteiger charge is 2.05. The van der Waals surface area contributed by atoms with E-state index in [0.29, 0.717) is 12.4 Å². The lowest BCUT2D eigenvalue weighted by atomic mass is 10.2. The maximum Gasteiger partial charge on any atom is 0.513 e. The predicted octanol–water partition coefficient (Wildman–Crippen LogP) is 3.07. The van der Waals surface area contributed by atoms with E-state index in [4.69, 9.17) is 14.2 Å². The quantitative estimate of drug-likeness (QED) is 0.450. The summed E-state index contributed by atoms with van der Waals surface area (Å²) < 4.78 is 14.7. The molecule has 0 N–H and O–H groups in total. The number of esters is 1. The van der Waals surface area contributed by atoms with Gasteiger partial charge < -0.3 is 14.2 Å². The van der Waals surface area contributed by atoms with Crippen LogP contribution in [0.15, 0.2) is 24.3 Å². The normalized spacial score (nSPS) is 9.79. The number of carbonyl (C=O) groups excluding carboxylic acids is 2. The van der Waals surface area contributed by atoms with Crippen molar-refractivity contribution in [3.05, 3.63) is 29.8 Å². The Kier molecular flexibility index (Phi) is 6.43. The van der Waals surface area contributed by atoms with Gasteiger partial charge in [-0.15, -0.1) is 0 Å². The van der Waals surface area contributed by atoms with Crippen LogP contribution >= 0.6 is 0 Å². The fraction of sp³-hybridized carbons (Fsp3) is 0.429. The first kappa shape index (κ1) is 15.0. The molecule has 0 unspecified atom stereocenters. The highest BCUT2D eigenvalue weighted by Crippen LogP contribution is 2.13. The van der Waals surface area contributed by atoms with E-state index < -0.39 is 6.16 Å². The van der Waals surface area contributed by atoms with Gasteiger partial charge in [0.2, 0.25) is 0 Å². The van der Waals surface area contributed by atoms with Gasteiger partial charge in [-0.05, 0) is 24.1 Å². The molecule has 0 bridgehead atoms. The van der Waals surface area contributed by atoms with Crippen molar-refractivity contribution in [2.45, 2.75) is 33.3 Å². The van der Waals surface area contributed by atoms with Crippen molar-refractivity contribution in [2.75, 3.05) is 6.61 Å². The van der Waals surface area contributed by atoms with Crippen molar-refractivity contribution < 1.29 is 23.8 Å². The number of ether oxygens (including phenoxy) is 3. The number of rotatable bonds is 6. The smallest absolute Gasteiger partial charge is 0.461 e. The lowest BCUT2D eigenvalue weighted by Gasteiger charge is -2.06. The summed E-state index contributed by atoms with van der Waals surface area (Å²) in [6, 6.07) is 6.69. The lowest BCUT2D eigenvalue weighted by Crippen LogP contribution is -2.11. The summed E-state index contributed by atoms with van der Waals surface area (Å²) in [4.78, 5) is 21.9. The molecule has 0 saturated carbocycles. The van der Waals surface area contributed by atoms with E-state index in [-0.39, 0.29) is 12.6 Å². The summed E-state index contributed by atoms with van der Waals surface area (Å²) >= 11 is 0. The number of carbonyl (C=O) groups is 2. The largest absolute Gasteiger partial charge is 0.513 e. The molecular weight excluding hydrogens is 248 g/mol. The predicted molar refractivity (Wildman–Crippen MR) is 68.8 cm³/mol. The van der Waals surface area contributed by atoms with Gasteiger partial charge in [0.15, 0.2) is 0 Å². The maximum atomic E-state index is 11.3. The first-order valence-electron chi connectivity index (χ1n) is 6.18. The molecule has 0 heterocycles. The summed E-state index contributed by atoms with van der Waals surface area (Å²) in [6.45, 7) is 3.93. The molecule has 1 aromatic carbocycles. The zero-order valence-corrected chi connectivity index (χ0v) is 11.2. The van der Waals surface area contributed by atoms with E-state index in [1.807, 2.05) is 6.92 Å². The van der Waals surface area contributed by atoms with Crippen LogP contribution in [-0.2, 0) is 20.9 Å². The standard InChI is InChI=1S/C14H18O5/c1-3-4-9-17-14(16)19-13-7-5-12(6-8-13)10-18-11(2)15/h5-8H,3-4,9-10H2,1-2H3. The molecule has 1 rings (SSSR count). The van der Waals surface area contributed by atoms with E-state index >= 15 is 0 Å². The number of benzene rings is 1. The molecule has 1 aromatic rings. The Hall–Kier alpha value is -2.04. The second-order valence-electron chi connectivity index (χ2n) is 3.98. The molecule has 0 atom stereocenters. The van der Waals surface area contributed by atoms with Crippen LogP contribution in [0.1, 0.15) is 32.3 Å². The van der Waals surface area contributed by atoms with E-state index in [1.165, 1.54) is 6.92 Å². The molecule has 0 amide bonds. The first-order chi connectivity index (χ1) is 9.11.